The third-order valence-corrected chi connectivity index (χ3v) is 4.19. The standard InChI is InChI=1S/C17H28N6O/c1-3-23-11-5-7-14(23)12-20-17(18)19-10-9-16(24)22-15-8-4-6-13(2)21-15/h4,6,8,14H,3,5,7,9-12H2,1-2H3,(H3,18,19,20)(H,21,22,24). The van der Waals surface area contributed by atoms with Gasteiger partial charge in [0.1, 0.15) is 5.82 Å². The van der Waals surface area contributed by atoms with E-state index in [2.05, 4.69) is 32.4 Å². The highest BCUT2D eigenvalue weighted by Crippen LogP contribution is 2.16. The second kappa shape index (κ2) is 9.22. The van der Waals surface area contributed by atoms with Crippen LogP contribution in [-0.2, 0) is 4.79 Å². The number of hydrogen-bond donors (Lipinski definition) is 3. The van der Waals surface area contributed by atoms with E-state index in [4.69, 9.17) is 5.73 Å². The molecule has 0 spiro atoms. The molecule has 7 heteroatoms. The van der Waals surface area contributed by atoms with Gasteiger partial charge in [-0.25, -0.2) is 4.98 Å². The Labute approximate surface area is 143 Å². The van der Waals surface area contributed by atoms with E-state index in [0.29, 0.717) is 37.3 Å². The molecule has 1 saturated heterocycles. The second-order valence-corrected chi connectivity index (χ2v) is 6.04. The van der Waals surface area contributed by atoms with Gasteiger partial charge in [0.05, 0.1) is 6.54 Å². The van der Waals surface area contributed by atoms with Crippen LogP contribution in [0.3, 0.4) is 0 Å². The van der Waals surface area contributed by atoms with Crippen LogP contribution in [0.5, 0.6) is 0 Å². The first-order chi connectivity index (χ1) is 11.6. The number of likely N-dealkylation sites (N-methyl/N-ethyl adjacent to an activating group) is 1. The highest BCUT2D eigenvalue weighted by Gasteiger charge is 2.22. The minimum Gasteiger partial charge on any atom is -0.370 e. The molecular formula is C17H28N6O. The van der Waals surface area contributed by atoms with Crippen molar-refractivity contribution in [2.24, 2.45) is 10.7 Å². The van der Waals surface area contributed by atoms with Crippen molar-refractivity contribution in [2.75, 3.05) is 31.5 Å². The number of pyridine rings is 1. The fraction of sp³-hybridized carbons (Fsp3) is 0.588. The van der Waals surface area contributed by atoms with Crippen molar-refractivity contribution >= 4 is 17.7 Å². The molecule has 1 aromatic heterocycles. The summed E-state index contributed by atoms with van der Waals surface area (Å²) >= 11 is 0. The number of aromatic nitrogens is 1. The smallest absolute Gasteiger partial charge is 0.227 e. The molecule has 1 aromatic rings. The van der Waals surface area contributed by atoms with E-state index in [0.717, 1.165) is 18.8 Å². The van der Waals surface area contributed by atoms with Gasteiger partial charge in [0.2, 0.25) is 5.91 Å². The van der Waals surface area contributed by atoms with Crippen LogP contribution in [0.25, 0.3) is 0 Å². The lowest BCUT2D eigenvalue weighted by atomic mass is 10.2. The SMILES string of the molecule is CCN1CCCC1CN=C(N)NCCC(=O)Nc1cccc(C)n1. The Morgan fingerprint density at radius 1 is 1.50 bits per heavy atom. The highest BCUT2D eigenvalue weighted by molar-refractivity contribution is 5.90. The Bertz CT molecular complexity index is 574. The molecule has 0 radical (unpaired) electrons. The number of aryl methyl sites for hydroxylation is 1. The number of rotatable bonds is 7. The largest absolute Gasteiger partial charge is 0.370 e. The van der Waals surface area contributed by atoms with Crippen LogP contribution in [0, 0.1) is 6.92 Å². The molecule has 1 fully saturated rings. The summed E-state index contributed by atoms with van der Waals surface area (Å²) in [6, 6.07) is 6.02. The number of carbonyl (C=O) groups excluding carboxylic acids is 1. The number of nitrogens with two attached hydrogens (primary N) is 1. The van der Waals surface area contributed by atoms with E-state index in [-0.39, 0.29) is 5.91 Å². The maximum absolute atomic E-state index is 11.9. The highest BCUT2D eigenvalue weighted by atomic mass is 16.1. The van der Waals surface area contributed by atoms with Gasteiger partial charge < -0.3 is 16.4 Å². The second-order valence-electron chi connectivity index (χ2n) is 6.04. The molecule has 0 bridgehead atoms. The molecule has 4 N–H and O–H groups in total. The summed E-state index contributed by atoms with van der Waals surface area (Å²) in [5, 5.41) is 5.76. The Kier molecular flexibility index (Phi) is 6.99. The van der Waals surface area contributed by atoms with Crippen molar-refractivity contribution in [1.29, 1.82) is 0 Å². The van der Waals surface area contributed by atoms with Gasteiger partial charge in [0.15, 0.2) is 5.96 Å². The van der Waals surface area contributed by atoms with Gasteiger partial charge in [-0.05, 0) is 45.0 Å². The first-order valence-corrected chi connectivity index (χ1v) is 8.60. The molecule has 2 rings (SSSR count). The first kappa shape index (κ1) is 18.2. The number of amides is 1. The first-order valence-electron chi connectivity index (χ1n) is 8.60. The fourth-order valence-corrected chi connectivity index (χ4v) is 2.90. The number of aliphatic imine (C=N–C) groups is 1. The van der Waals surface area contributed by atoms with Crippen LogP contribution >= 0.6 is 0 Å². The maximum Gasteiger partial charge on any atom is 0.227 e. The Balaban J connectivity index is 1.67. The number of anilines is 1. The lowest BCUT2D eigenvalue weighted by molar-refractivity contribution is -0.116. The van der Waals surface area contributed by atoms with Crippen molar-refractivity contribution < 1.29 is 4.79 Å². The van der Waals surface area contributed by atoms with Crippen molar-refractivity contribution in [3.8, 4) is 0 Å². The number of hydrogen-bond acceptors (Lipinski definition) is 4. The number of nitrogens with zero attached hydrogens (tertiary/aromatic N) is 3. The van der Waals surface area contributed by atoms with E-state index in [9.17, 15) is 4.79 Å². The molecule has 0 aliphatic carbocycles. The van der Waals surface area contributed by atoms with E-state index in [1.54, 1.807) is 6.07 Å². The lowest BCUT2D eigenvalue weighted by Gasteiger charge is -2.20. The third kappa shape index (κ3) is 5.81. The molecular weight excluding hydrogens is 304 g/mol. The molecule has 0 aromatic carbocycles. The quantitative estimate of drug-likeness (QED) is 0.513. The zero-order valence-corrected chi connectivity index (χ0v) is 14.6. The number of likely N-dealkylation sites (tertiary alicyclic amines) is 1. The zero-order valence-electron chi connectivity index (χ0n) is 14.6. The van der Waals surface area contributed by atoms with Gasteiger partial charge in [0.25, 0.3) is 0 Å². The monoisotopic (exact) mass is 332 g/mol. The van der Waals surface area contributed by atoms with Gasteiger partial charge >= 0.3 is 0 Å². The Hall–Kier alpha value is -2.15. The van der Waals surface area contributed by atoms with Crippen LogP contribution in [-0.4, -0.2) is 54.0 Å². The molecule has 1 amide bonds. The summed E-state index contributed by atoms with van der Waals surface area (Å²) in [6.07, 6.45) is 2.72. The number of carbonyl (C=O) groups is 1. The minimum absolute atomic E-state index is 0.0960. The summed E-state index contributed by atoms with van der Waals surface area (Å²) in [5.41, 5.74) is 6.74. The molecule has 1 atom stereocenters. The molecule has 24 heavy (non-hydrogen) atoms. The normalized spacial score (nSPS) is 18.6. The topological polar surface area (TPSA) is 95.6 Å². The van der Waals surface area contributed by atoms with Crippen LogP contribution in [0.1, 0.15) is 31.9 Å². The van der Waals surface area contributed by atoms with Crippen molar-refractivity contribution in [3.63, 3.8) is 0 Å². The van der Waals surface area contributed by atoms with Crippen molar-refractivity contribution in [1.82, 2.24) is 15.2 Å². The minimum atomic E-state index is -0.0960. The summed E-state index contributed by atoms with van der Waals surface area (Å²) < 4.78 is 0. The summed E-state index contributed by atoms with van der Waals surface area (Å²) in [4.78, 5) is 22.9. The summed E-state index contributed by atoms with van der Waals surface area (Å²) in [6.45, 7) is 7.43. The van der Waals surface area contributed by atoms with Gasteiger partial charge in [-0.2, -0.15) is 0 Å². The van der Waals surface area contributed by atoms with E-state index in [1.807, 2.05) is 19.1 Å². The molecule has 1 aliphatic heterocycles. The van der Waals surface area contributed by atoms with Gasteiger partial charge in [-0.15, -0.1) is 0 Å². The van der Waals surface area contributed by atoms with Crippen LogP contribution in [0.15, 0.2) is 23.2 Å². The van der Waals surface area contributed by atoms with Crippen LogP contribution < -0.4 is 16.4 Å². The van der Waals surface area contributed by atoms with E-state index >= 15 is 0 Å². The molecule has 7 nitrogen and oxygen atoms in total. The third-order valence-electron chi connectivity index (χ3n) is 4.19. The van der Waals surface area contributed by atoms with Crippen LogP contribution in [0.2, 0.25) is 0 Å². The summed E-state index contributed by atoms with van der Waals surface area (Å²) in [7, 11) is 0. The van der Waals surface area contributed by atoms with Gasteiger partial charge in [-0.1, -0.05) is 13.0 Å². The van der Waals surface area contributed by atoms with Crippen molar-refractivity contribution in [2.45, 2.75) is 39.2 Å². The van der Waals surface area contributed by atoms with E-state index in [1.165, 1.54) is 12.8 Å². The number of nitrogens with one attached hydrogen (secondary N) is 2. The Morgan fingerprint density at radius 2 is 2.33 bits per heavy atom. The Morgan fingerprint density at radius 3 is 3.08 bits per heavy atom. The van der Waals surface area contributed by atoms with Gasteiger partial charge in [0, 0.05) is 24.7 Å². The predicted molar refractivity (Wildman–Crippen MR) is 97.0 cm³/mol. The fourth-order valence-electron chi connectivity index (χ4n) is 2.90. The molecule has 0 saturated carbocycles. The average molecular weight is 332 g/mol. The summed E-state index contributed by atoms with van der Waals surface area (Å²) in [5.74, 6) is 0.878. The predicted octanol–water partition coefficient (Wildman–Crippen LogP) is 1.11. The molecule has 132 valence electrons. The lowest BCUT2D eigenvalue weighted by Crippen LogP contribution is -2.36. The molecule has 1 aliphatic rings. The molecule has 1 unspecified atom stereocenters. The van der Waals surface area contributed by atoms with Crippen LogP contribution in [0.4, 0.5) is 5.82 Å². The van der Waals surface area contributed by atoms with E-state index < -0.39 is 0 Å². The number of guanidine groups is 1. The van der Waals surface area contributed by atoms with Crippen molar-refractivity contribution in [3.05, 3.63) is 23.9 Å². The average Bonchev–Trinajstić information content (AvgIpc) is 3.00. The maximum atomic E-state index is 11.9. The van der Waals surface area contributed by atoms with Gasteiger partial charge in [-0.3, -0.25) is 14.7 Å². The zero-order chi connectivity index (χ0) is 17.4. The molecule has 2 heterocycles.